The molecule has 0 saturated heterocycles. The lowest BCUT2D eigenvalue weighted by Crippen LogP contribution is -2.30. The second kappa shape index (κ2) is 9.33. The van der Waals surface area contributed by atoms with Gasteiger partial charge in [-0.05, 0) is 48.9 Å². The van der Waals surface area contributed by atoms with Crippen molar-refractivity contribution in [3.8, 4) is 11.5 Å². The summed E-state index contributed by atoms with van der Waals surface area (Å²) in [7, 11) is -2.53. The van der Waals surface area contributed by atoms with Gasteiger partial charge in [0.1, 0.15) is 18.9 Å². The molecule has 0 spiro atoms. The van der Waals surface area contributed by atoms with E-state index in [0.717, 1.165) is 0 Å². The second-order valence-corrected chi connectivity index (χ2v) is 7.13. The third kappa shape index (κ3) is 5.93. The molecule has 0 aromatic heterocycles. The third-order valence-electron chi connectivity index (χ3n) is 3.47. The molecule has 2 aromatic carbocycles. The summed E-state index contributed by atoms with van der Waals surface area (Å²) in [6.07, 6.45) is 0. The minimum Gasteiger partial charge on any atom is -0.494 e. The highest BCUT2D eigenvalue weighted by atomic mass is 32.2. The number of ether oxygens (including phenoxy) is 3. The van der Waals surface area contributed by atoms with Crippen LogP contribution in [0, 0.1) is 5.82 Å². The molecule has 0 heterocycles. The van der Waals surface area contributed by atoms with E-state index in [0.29, 0.717) is 17.9 Å². The minimum absolute atomic E-state index is 0.00372. The van der Waals surface area contributed by atoms with Crippen molar-refractivity contribution >= 4 is 16.0 Å². The van der Waals surface area contributed by atoms with Crippen LogP contribution in [-0.2, 0) is 26.2 Å². The standard InChI is InChI=1S/C18H20FNO6S/c1-3-25-14-5-7-15(8-6-14)27(22,23)20-11-18(21)26-12-13-4-9-17(24-2)16(19)10-13/h4-10,20H,3,11-12H2,1-2H3. The molecule has 0 bridgehead atoms. The number of methoxy groups -OCH3 is 1. The van der Waals surface area contributed by atoms with Crippen LogP contribution in [0.15, 0.2) is 47.4 Å². The van der Waals surface area contributed by atoms with Gasteiger partial charge in [0.25, 0.3) is 0 Å². The highest BCUT2D eigenvalue weighted by molar-refractivity contribution is 7.89. The van der Waals surface area contributed by atoms with Gasteiger partial charge < -0.3 is 14.2 Å². The number of benzene rings is 2. The van der Waals surface area contributed by atoms with Crippen molar-refractivity contribution in [3.05, 3.63) is 53.8 Å². The van der Waals surface area contributed by atoms with Crippen LogP contribution in [0.25, 0.3) is 0 Å². The SMILES string of the molecule is CCOc1ccc(S(=O)(=O)NCC(=O)OCc2ccc(OC)c(F)c2)cc1. The zero-order chi connectivity index (χ0) is 19.9. The van der Waals surface area contributed by atoms with E-state index in [9.17, 15) is 17.6 Å². The Kier molecular flexibility index (Phi) is 7.14. The molecule has 2 aromatic rings. The normalized spacial score (nSPS) is 11.1. The number of carbonyl (C=O) groups excluding carboxylic acids is 1. The predicted octanol–water partition coefficient (Wildman–Crippen LogP) is 2.25. The van der Waals surface area contributed by atoms with E-state index in [-0.39, 0.29) is 17.3 Å². The Labute approximate surface area is 157 Å². The smallest absolute Gasteiger partial charge is 0.321 e. The Balaban J connectivity index is 1.87. The fraction of sp³-hybridized carbons (Fsp3) is 0.278. The monoisotopic (exact) mass is 397 g/mol. The van der Waals surface area contributed by atoms with E-state index < -0.39 is 28.4 Å². The maximum atomic E-state index is 13.6. The largest absolute Gasteiger partial charge is 0.494 e. The molecular formula is C18H20FNO6S. The molecule has 9 heteroatoms. The van der Waals surface area contributed by atoms with Gasteiger partial charge in [0, 0.05) is 0 Å². The molecule has 0 unspecified atom stereocenters. The Hall–Kier alpha value is -2.65. The van der Waals surface area contributed by atoms with Gasteiger partial charge in [0.15, 0.2) is 11.6 Å². The number of halogens is 1. The van der Waals surface area contributed by atoms with Gasteiger partial charge in [-0.3, -0.25) is 4.79 Å². The lowest BCUT2D eigenvalue weighted by molar-refractivity contribution is -0.143. The highest BCUT2D eigenvalue weighted by Crippen LogP contribution is 2.18. The first-order chi connectivity index (χ1) is 12.9. The summed E-state index contributed by atoms with van der Waals surface area (Å²) in [6, 6.07) is 9.92. The van der Waals surface area contributed by atoms with Crippen molar-refractivity contribution in [3.63, 3.8) is 0 Å². The molecule has 27 heavy (non-hydrogen) atoms. The second-order valence-electron chi connectivity index (χ2n) is 5.36. The average molecular weight is 397 g/mol. The molecule has 0 aliphatic carbocycles. The van der Waals surface area contributed by atoms with Crippen molar-refractivity contribution in [2.24, 2.45) is 0 Å². The fourth-order valence-electron chi connectivity index (χ4n) is 2.13. The summed E-state index contributed by atoms with van der Waals surface area (Å²) in [5, 5.41) is 0. The van der Waals surface area contributed by atoms with Gasteiger partial charge in [-0.15, -0.1) is 0 Å². The van der Waals surface area contributed by atoms with Crippen LogP contribution in [-0.4, -0.2) is 34.6 Å². The van der Waals surface area contributed by atoms with Crippen LogP contribution < -0.4 is 14.2 Å². The molecule has 0 amide bonds. The number of esters is 1. The number of rotatable bonds is 9. The van der Waals surface area contributed by atoms with E-state index in [1.54, 1.807) is 6.07 Å². The van der Waals surface area contributed by atoms with E-state index >= 15 is 0 Å². The molecule has 1 N–H and O–H groups in total. The zero-order valence-corrected chi connectivity index (χ0v) is 15.7. The van der Waals surface area contributed by atoms with E-state index in [4.69, 9.17) is 14.2 Å². The van der Waals surface area contributed by atoms with E-state index in [1.165, 1.54) is 43.5 Å². The quantitative estimate of drug-likeness (QED) is 0.653. The third-order valence-corrected chi connectivity index (χ3v) is 4.88. The van der Waals surface area contributed by atoms with Crippen molar-refractivity contribution in [2.45, 2.75) is 18.4 Å². The van der Waals surface area contributed by atoms with Crippen molar-refractivity contribution in [1.29, 1.82) is 0 Å². The van der Waals surface area contributed by atoms with Crippen LogP contribution in [0.2, 0.25) is 0 Å². The summed E-state index contributed by atoms with van der Waals surface area (Å²) >= 11 is 0. The fourth-order valence-corrected chi connectivity index (χ4v) is 3.10. The van der Waals surface area contributed by atoms with Crippen molar-refractivity contribution < 1.29 is 31.8 Å². The van der Waals surface area contributed by atoms with Gasteiger partial charge in [0.2, 0.25) is 10.0 Å². The van der Waals surface area contributed by atoms with Gasteiger partial charge in [0.05, 0.1) is 18.6 Å². The molecule has 0 aliphatic rings. The first-order valence-corrected chi connectivity index (χ1v) is 9.54. The number of nitrogens with one attached hydrogen (secondary N) is 1. The lowest BCUT2D eigenvalue weighted by Gasteiger charge is -2.09. The van der Waals surface area contributed by atoms with E-state index in [1.807, 2.05) is 6.92 Å². The topological polar surface area (TPSA) is 90.9 Å². The predicted molar refractivity (Wildman–Crippen MR) is 95.5 cm³/mol. The van der Waals surface area contributed by atoms with Crippen LogP contribution in [0.3, 0.4) is 0 Å². The molecule has 0 fully saturated rings. The van der Waals surface area contributed by atoms with Gasteiger partial charge in [-0.1, -0.05) is 6.07 Å². The molecule has 0 saturated carbocycles. The van der Waals surface area contributed by atoms with Crippen LogP contribution in [0.1, 0.15) is 12.5 Å². The number of carbonyl (C=O) groups is 1. The maximum Gasteiger partial charge on any atom is 0.321 e. The molecule has 146 valence electrons. The number of hydrogen-bond donors (Lipinski definition) is 1. The Morgan fingerprint density at radius 1 is 1.15 bits per heavy atom. The highest BCUT2D eigenvalue weighted by Gasteiger charge is 2.16. The first-order valence-electron chi connectivity index (χ1n) is 8.06. The Bertz CT molecular complexity index is 883. The maximum absolute atomic E-state index is 13.6. The lowest BCUT2D eigenvalue weighted by atomic mass is 10.2. The summed E-state index contributed by atoms with van der Waals surface area (Å²) in [6.45, 7) is 1.55. The van der Waals surface area contributed by atoms with Crippen molar-refractivity contribution in [2.75, 3.05) is 20.3 Å². The van der Waals surface area contributed by atoms with Gasteiger partial charge >= 0.3 is 5.97 Å². The number of hydrogen-bond acceptors (Lipinski definition) is 6. The Morgan fingerprint density at radius 2 is 1.85 bits per heavy atom. The van der Waals surface area contributed by atoms with E-state index in [2.05, 4.69) is 4.72 Å². The summed E-state index contributed by atoms with van der Waals surface area (Å²) < 4.78 is 55.1. The molecule has 0 aliphatic heterocycles. The van der Waals surface area contributed by atoms with Gasteiger partial charge in [-0.2, -0.15) is 4.72 Å². The summed E-state index contributed by atoms with van der Waals surface area (Å²) in [5.74, 6) is -0.751. The van der Waals surface area contributed by atoms with Crippen LogP contribution in [0.4, 0.5) is 4.39 Å². The minimum atomic E-state index is -3.87. The molecule has 2 rings (SSSR count). The molecular weight excluding hydrogens is 377 g/mol. The summed E-state index contributed by atoms with van der Waals surface area (Å²) in [5.41, 5.74) is 0.413. The average Bonchev–Trinajstić information content (AvgIpc) is 2.65. The van der Waals surface area contributed by atoms with Gasteiger partial charge in [-0.25, -0.2) is 12.8 Å². The Morgan fingerprint density at radius 3 is 2.44 bits per heavy atom. The molecule has 0 atom stereocenters. The first kappa shape index (κ1) is 20.7. The molecule has 7 nitrogen and oxygen atoms in total. The summed E-state index contributed by atoms with van der Waals surface area (Å²) in [4.78, 5) is 11.8. The number of sulfonamides is 1. The zero-order valence-electron chi connectivity index (χ0n) is 14.9. The molecule has 0 radical (unpaired) electrons. The van der Waals surface area contributed by atoms with Crippen LogP contribution >= 0.6 is 0 Å². The van der Waals surface area contributed by atoms with Crippen molar-refractivity contribution in [1.82, 2.24) is 4.72 Å². The van der Waals surface area contributed by atoms with Crippen LogP contribution in [0.5, 0.6) is 11.5 Å².